The van der Waals surface area contributed by atoms with E-state index in [2.05, 4.69) is 15.2 Å². The van der Waals surface area contributed by atoms with Gasteiger partial charge < -0.3 is 15.2 Å². The summed E-state index contributed by atoms with van der Waals surface area (Å²) in [5.74, 6) is 0.670. The highest BCUT2D eigenvalue weighted by Crippen LogP contribution is 2.32. The van der Waals surface area contributed by atoms with Crippen LogP contribution in [-0.2, 0) is 13.6 Å². The Morgan fingerprint density at radius 1 is 1.48 bits per heavy atom. The summed E-state index contributed by atoms with van der Waals surface area (Å²) >= 11 is 1.26. The van der Waals surface area contributed by atoms with Gasteiger partial charge in [0.25, 0.3) is 5.91 Å². The van der Waals surface area contributed by atoms with Gasteiger partial charge in [0.15, 0.2) is 0 Å². The molecule has 1 amide bonds. The number of imidazole rings is 1. The molecule has 0 unspecified atom stereocenters. The number of carbonyl (C=O) groups excluding carboxylic acids is 1. The molecule has 3 aromatic heterocycles. The van der Waals surface area contributed by atoms with Crippen LogP contribution in [0.25, 0.3) is 10.2 Å². The van der Waals surface area contributed by atoms with E-state index in [4.69, 9.17) is 5.73 Å². The van der Waals surface area contributed by atoms with Crippen molar-refractivity contribution in [2.24, 2.45) is 7.05 Å². The van der Waals surface area contributed by atoms with E-state index in [1.54, 1.807) is 30.4 Å². The molecule has 0 saturated heterocycles. The maximum atomic E-state index is 12.5. The van der Waals surface area contributed by atoms with Crippen molar-refractivity contribution in [3.05, 3.63) is 35.4 Å². The van der Waals surface area contributed by atoms with Crippen LogP contribution >= 0.6 is 11.3 Å². The van der Waals surface area contributed by atoms with Gasteiger partial charge >= 0.3 is 0 Å². The monoisotopic (exact) mass is 302 g/mol. The number of nitrogens with two attached hydrogens (primary N) is 1. The van der Waals surface area contributed by atoms with Crippen molar-refractivity contribution in [1.82, 2.24) is 24.6 Å². The number of amides is 1. The number of fused-ring (bicyclic) bond motifs is 1. The SMILES string of the molecule is CN(Cc1nccn1C)C(=O)c1sc2nnccc2c1N. The maximum Gasteiger partial charge on any atom is 0.266 e. The summed E-state index contributed by atoms with van der Waals surface area (Å²) in [5.41, 5.74) is 6.52. The molecule has 0 fully saturated rings. The highest BCUT2D eigenvalue weighted by molar-refractivity contribution is 7.21. The fourth-order valence-electron chi connectivity index (χ4n) is 2.04. The second-order valence-corrected chi connectivity index (χ2v) is 5.71. The second-order valence-electron chi connectivity index (χ2n) is 4.71. The third-order valence-corrected chi connectivity index (χ3v) is 4.35. The first kappa shape index (κ1) is 13.5. The van der Waals surface area contributed by atoms with Crippen LogP contribution in [0.1, 0.15) is 15.5 Å². The minimum atomic E-state index is -0.140. The van der Waals surface area contributed by atoms with Crippen LogP contribution in [0.4, 0.5) is 5.69 Å². The van der Waals surface area contributed by atoms with E-state index in [0.717, 1.165) is 11.2 Å². The third kappa shape index (κ3) is 2.33. The van der Waals surface area contributed by atoms with Gasteiger partial charge in [0, 0.05) is 31.9 Å². The fourth-order valence-corrected chi connectivity index (χ4v) is 3.07. The maximum absolute atomic E-state index is 12.5. The summed E-state index contributed by atoms with van der Waals surface area (Å²) in [5, 5.41) is 8.57. The van der Waals surface area contributed by atoms with E-state index < -0.39 is 0 Å². The quantitative estimate of drug-likeness (QED) is 0.787. The molecule has 3 rings (SSSR count). The number of aryl methyl sites for hydroxylation is 1. The van der Waals surface area contributed by atoms with Crippen LogP contribution in [0.15, 0.2) is 24.7 Å². The number of hydrogen-bond donors (Lipinski definition) is 1. The van der Waals surface area contributed by atoms with Gasteiger partial charge in [0.1, 0.15) is 15.5 Å². The Morgan fingerprint density at radius 3 is 2.95 bits per heavy atom. The normalized spacial score (nSPS) is 11.0. The topological polar surface area (TPSA) is 89.9 Å². The van der Waals surface area contributed by atoms with Crippen molar-refractivity contribution < 1.29 is 4.79 Å². The first-order chi connectivity index (χ1) is 10.1. The molecule has 0 aliphatic carbocycles. The predicted molar refractivity (Wildman–Crippen MR) is 80.8 cm³/mol. The summed E-state index contributed by atoms with van der Waals surface area (Å²) in [6.07, 6.45) is 5.12. The highest BCUT2D eigenvalue weighted by Gasteiger charge is 2.21. The summed E-state index contributed by atoms with van der Waals surface area (Å²) in [6, 6.07) is 1.77. The Kier molecular flexibility index (Phi) is 3.30. The van der Waals surface area contributed by atoms with Gasteiger partial charge in [-0.05, 0) is 6.07 Å². The summed E-state index contributed by atoms with van der Waals surface area (Å²) in [7, 11) is 3.62. The van der Waals surface area contributed by atoms with E-state index >= 15 is 0 Å². The van der Waals surface area contributed by atoms with Crippen molar-refractivity contribution in [2.45, 2.75) is 6.54 Å². The van der Waals surface area contributed by atoms with Crippen molar-refractivity contribution in [3.8, 4) is 0 Å². The molecule has 0 aliphatic rings. The minimum absolute atomic E-state index is 0.140. The van der Waals surface area contributed by atoms with Crippen molar-refractivity contribution in [2.75, 3.05) is 12.8 Å². The molecule has 0 aliphatic heterocycles. The lowest BCUT2D eigenvalue weighted by Crippen LogP contribution is -2.27. The molecular weight excluding hydrogens is 288 g/mol. The van der Waals surface area contributed by atoms with Gasteiger partial charge in [-0.25, -0.2) is 4.98 Å². The number of carbonyl (C=O) groups is 1. The molecule has 0 atom stereocenters. The van der Waals surface area contributed by atoms with Gasteiger partial charge in [0.2, 0.25) is 0 Å². The molecule has 21 heavy (non-hydrogen) atoms. The van der Waals surface area contributed by atoms with Crippen LogP contribution in [0, 0.1) is 0 Å². The van der Waals surface area contributed by atoms with Crippen LogP contribution < -0.4 is 5.73 Å². The lowest BCUT2D eigenvalue weighted by molar-refractivity contribution is 0.0786. The number of nitrogens with zero attached hydrogens (tertiary/aromatic N) is 5. The second kappa shape index (κ2) is 5.13. The van der Waals surface area contributed by atoms with Crippen LogP contribution in [0.5, 0.6) is 0 Å². The lowest BCUT2D eigenvalue weighted by Gasteiger charge is -2.16. The number of thiophene rings is 1. The summed E-state index contributed by atoms with van der Waals surface area (Å²) in [6.45, 7) is 0.418. The van der Waals surface area contributed by atoms with Crippen LogP contribution in [0.3, 0.4) is 0 Å². The number of nitrogen functional groups attached to an aromatic ring is 1. The first-order valence-corrected chi connectivity index (χ1v) is 7.11. The van der Waals surface area contributed by atoms with E-state index in [-0.39, 0.29) is 5.91 Å². The largest absolute Gasteiger partial charge is 0.397 e. The lowest BCUT2D eigenvalue weighted by atomic mass is 10.2. The molecule has 3 aromatic rings. The Hall–Kier alpha value is -2.48. The van der Waals surface area contributed by atoms with Gasteiger partial charge in [-0.15, -0.1) is 16.4 Å². The molecule has 0 radical (unpaired) electrons. The zero-order valence-corrected chi connectivity index (χ0v) is 12.5. The number of hydrogen-bond acceptors (Lipinski definition) is 6. The Balaban J connectivity index is 1.89. The van der Waals surface area contributed by atoms with Crippen molar-refractivity contribution in [3.63, 3.8) is 0 Å². The van der Waals surface area contributed by atoms with Gasteiger partial charge in [-0.3, -0.25) is 4.79 Å². The Labute approximate surface area is 125 Å². The molecule has 3 heterocycles. The average Bonchev–Trinajstić information content (AvgIpc) is 3.03. The molecule has 0 spiro atoms. The molecule has 0 aromatic carbocycles. The van der Waals surface area contributed by atoms with Crippen LogP contribution in [0.2, 0.25) is 0 Å². The molecular formula is C13H14N6OS. The van der Waals surface area contributed by atoms with E-state index in [0.29, 0.717) is 21.9 Å². The van der Waals surface area contributed by atoms with Gasteiger partial charge in [-0.2, -0.15) is 5.10 Å². The molecule has 0 saturated carbocycles. The standard InChI is InChI=1S/C13H14N6OS/c1-18-6-5-15-9(18)7-19(2)13(20)11-10(14)8-3-4-16-17-12(8)21-11/h3-6H,7,14H2,1-2H3. The molecule has 7 nitrogen and oxygen atoms in total. The fraction of sp³-hybridized carbons (Fsp3) is 0.231. The molecule has 8 heteroatoms. The van der Waals surface area contributed by atoms with E-state index in [1.165, 1.54) is 11.3 Å². The summed E-state index contributed by atoms with van der Waals surface area (Å²) < 4.78 is 1.88. The first-order valence-electron chi connectivity index (χ1n) is 6.29. The Bertz CT molecular complexity index is 808. The predicted octanol–water partition coefficient (Wildman–Crippen LogP) is 1.28. The van der Waals surface area contributed by atoms with Crippen LogP contribution in [-0.4, -0.2) is 37.6 Å². The van der Waals surface area contributed by atoms with E-state index in [1.807, 2.05) is 17.8 Å². The Morgan fingerprint density at radius 2 is 2.29 bits per heavy atom. The number of rotatable bonds is 3. The molecule has 0 bridgehead atoms. The average molecular weight is 302 g/mol. The van der Waals surface area contributed by atoms with Crippen molar-refractivity contribution >= 4 is 33.1 Å². The van der Waals surface area contributed by atoms with Gasteiger partial charge in [-0.1, -0.05) is 0 Å². The minimum Gasteiger partial charge on any atom is -0.397 e. The third-order valence-electron chi connectivity index (χ3n) is 3.26. The molecule has 108 valence electrons. The molecule has 2 N–H and O–H groups in total. The zero-order valence-electron chi connectivity index (χ0n) is 11.6. The van der Waals surface area contributed by atoms with Crippen molar-refractivity contribution in [1.29, 1.82) is 0 Å². The number of aromatic nitrogens is 4. The highest BCUT2D eigenvalue weighted by atomic mass is 32.1. The van der Waals surface area contributed by atoms with E-state index in [9.17, 15) is 4.79 Å². The number of anilines is 1. The smallest absolute Gasteiger partial charge is 0.266 e. The zero-order chi connectivity index (χ0) is 15.0. The van der Waals surface area contributed by atoms with Gasteiger partial charge in [0.05, 0.1) is 18.4 Å². The summed E-state index contributed by atoms with van der Waals surface area (Å²) in [4.78, 5) is 19.5.